The normalized spacial score (nSPS) is 12.5. The molecule has 0 radical (unpaired) electrons. The van der Waals surface area contributed by atoms with Gasteiger partial charge in [0.15, 0.2) is 0 Å². The lowest BCUT2D eigenvalue weighted by atomic mass is 10.1. The van der Waals surface area contributed by atoms with Gasteiger partial charge in [0.05, 0.1) is 0 Å². The molecular weight excluding hydrogens is 168 g/mol. The maximum Gasteiger partial charge on any atom is 0.332 e. The van der Waals surface area contributed by atoms with E-state index in [2.05, 4.69) is 13.8 Å². The third kappa shape index (κ3) is 6.58. The molecule has 0 aliphatic heterocycles. The molecule has 0 heterocycles. The fraction of sp³-hybridized carbons (Fsp3) is 0.900. The van der Waals surface area contributed by atoms with Crippen LogP contribution in [0.3, 0.4) is 0 Å². The van der Waals surface area contributed by atoms with Crippen molar-refractivity contribution >= 4 is 5.97 Å². The van der Waals surface area contributed by atoms with Crippen molar-refractivity contribution in [3.8, 4) is 0 Å². The van der Waals surface area contributed by atoms with E-state index in [1.807, 2.05) is 0 Å². The Labute approximate surface area is 80.1 Å². The van der Waals surface area contributed by atoms with Gasteiger partial charge in [-0.25, -0.2) is 4.79 Å². The summed E-state index contributed by atoms with van der Waals surface area (Å²) in [5.74, 6) is -0.505. The molecule has 0 spiro atoms. The van der Waals surface area contributed by atoms with E-state index in [1.165, 1.54) is 0 Å². The first kappa shape index (κ1) is 12.4. The van der Waals surface area contributed by atoms with Crippen molar-refractivity contribution in [2.24, 2.45) is 0 Å². The SMILES string of the molecule is CCCCC(CCC)OC(=O)CO. The number of aliphatic hydroxyl groups excluding tert-OH is 1. The third-order valence-electron chi connectivity index (χ3n) is 1.92. The summed E-state index contributed by atoms with van der Waals surface area (Å²) in [5, 5.41) is 8.50. The minimum Gasteiger partial charge on any atom is -0.461 e. The second-order valence-corrected chi connectivity index (χ2v) is 3.20. The van der Waals surface area contributed by atoms with Crippen LogP contribution in [0.4, 0.5) is 0 Å². The van der Waals surface area contributed by atoms with Gasteiger partial charge in [-0.15, -0.1) is 0 Å². The Hall–Kier alpha value is -0.570. The van der Waals surface area contributed by atoms with Crippen molar-refractivity contribution in [3.63, 3.8) is 0 Å². The highest BCUT2D eigenvalue weighted by Gasteiger charge is 2.11. The lowest BCUT2D eigenvalue weighted by molar-refractivity contribution is -0.153. The zero-order chi connectivity index (χ0) is 10.1. The molecule has 78 valence electrons. The molecule has 3 nitrogen and oxygen atoms in total. The van der Waals surface area contributed by atoms with Crippen LogP contribution >= 0.6 is 0 Å². The lowest BCUT2D eigenvalue weighted by Gasteiger charge is -2.15. The number of hydrogen-bond donors (Lipinski definition) is 1. The maximum atomic E-state index is 10.8. The molecule has 0 saturated carbocycles. The van der Waals surface area contributed by atoms with E-state index < -0.39 is 12.6 Å². The summed E-state index contributed by atoms with van der Waals surface area (Å²) in [6.45, 7) is 3.66. The van der Waals surface area contributed by atoms with Gasteiger partial charge in [0, 0.05) is 0 Å². The van der Waals surface area contributed by atoms with E-state index in [4.69, 9.17) is 9.84 Å². The summed E-state index contributed by atoms with van der Waals surface area (Å²) in [6, 6.07) is 0. The summed E-state index contributed by atoms with van der Waals surface area (Å²) < 4.78 is 5.05. The van der Waals surface area contributed by atoms with Gasteiger partial charge < -0.3 is 9.84 Å². The summed E-state index contributed by atoms with van der Waals surface area (Å²) in [7, 11) is 0. The fourth-order valence-corrected chi connectivity index (χ4v) is 1.24. The Morgan fingerprint density at radius 3 is 2.46 bits per heavy atom. The van der Waals surface area contributed by atoms with Gasteiger partial charge in [0.25, 0.3) is 0 Å². The van der Waals surface area contributed by atoms with Crippen molar-refractivity contribution in [1.82, 2.24) is 0 Å². The standard InChI is InChI=1S/C10H20O3/c1-3-5-7-9(6-4-2)13-10(12)8-11/h9,11H,3-8H2,1-2H3. The van der Waals surface area contributed by atoms with Crippen LogP contribution in [-0.4, -0.2) is 23.8 Å². The molecule has 0 aliphatic rings. The average Bonchev–Trinajstić information content (AvgIpc) is 2.14. The largest absolute Gasteiger partial charge is 0.461 e. The van der Waals surface area contributed by atoms with Gasteiger partial charge in [0.1, 0.15) is 12.7 Å². The van der Waals surface area contributed by atoms with Gasteiger partial charge in [-0.3, -0.25) is 0 Å². The topological polar surface area (TPSA) is 46.5 Å². The van der Waals surface area contributed by atoms with Crippen LogP contribution in [0.25, 0.3) is 0 Å². The molecule has 1 unspecified atom stereocenters. The Morgan fingerprint density at radius 1 is 1.31 bits per heavy atom. The Morgan fingerprint density at radius 2 is 2.00 bits per heavy atom. The van der Waals surface area contributed by atoms with E-state index in [1.54, 1.807) is 0 Å². The van der Waals surface area contributed by atoms with Crippen LogP contribution < -0.4 is 0 Å². The average molecular weight is 188 g/mol. The number of rotatable bonds is 7. The fourth-order valence-electron chi connectivity index (χ4n) is 1.24. The summed E-state index contributed by atoms with van der Waals surface area (Å²) >= 11 is 0. The molecular formula is C10H20O3. The second-order valence-electron chi connectivity index (χ2n) is 3.20. The molecule has 0 aliphatic carbocycles. The van der Waals surface area contributed by atoms with Crippen LogP contribution in [-0.2, 0) is 9.53 Å². The van der Waals surface area contributed by atoms with Gasteiger partial charge in [-0.05, 0) is 12.8 Å². The molecule has 0 rings (SSSR count). The van der Waals surface area contributed by atoms with Crippen LogP contribution in [0, 0.1) is 0 Å². The Balaban J connectivity index is 3.71. The van der Waals surface area contributed by atoms with E-state index in [-0.39, 0.29) is 6.10 Å². The molecule has 0 amide bonds. The van der Waals surface area contributed by atoms with Crippen LogP contribution in [0.2, 0.25) is 0 Å². The maximum absolute atomic E-state index is 10.8. The van der Waals surface area contributed by atoms with E-state index in [0.717, 1.165) is 32.1 Å². The Bertz CT molecular complexity index is 134. The first-order valence-corrected chi connectivity index (χ1v) is 5.04. The molecule has 13 heavy (non-hydrogen) atoms. The summed E-state index contributed by atoms with van der Waals surface area (Å²) in [4.78, 5) is 10.8. The van der Waals surface area contributed by atoms with Gasteiger partial charge in [0.2, 0.25) is 0 Å². The van der Waals surface area contributed by atoms with Crippen LogP contribution in [0.15, 0.2) is 0 Å². The number of carbonyl (C=O) groups excluding carboxylic acids is 1. The Kier molecular flexibility index (Phi) is 7.69. The quantitative estimate of drug-likeness (QED) is 0.620. The van der Waals surface area contributed by atoms with Gasteiger partial charge in [-0.2, -0.15) is 0 Å². The zero-order valence-corrected chi connectivity index (χ0v) is 8.58. The number of unbranched alkanes of at least 4 members (excludes halogenated alkanes) is 1. The minimum atomic E-state index is -0.508. The monoisotopic (exact) mass is 188 g/mol. The minimum absolute atomic E-state index is 0.00426. The molecule has 1 atom stereocenters. The van der Waals surface area contributed by atoms with Gasteiger partial charge >= 0.3 is 5.97 Å². The number of hydrogen-bond acceptors (Lipinski definition) is 3. The van der Waals surface area contributed by atoms with Crippen molar-refractivity contribution < 1.29 is 14.6 Å². The molecule has 0 fully saturated rings. The number of aliphatic hydroxyl groups is 1. The number of carbonyl (C=O) groups is 1. The van der Waals surface area contributed by atoms with Gasteiger partial charge in [-0.1, -0.05) is 33.1 Å². The van der Waals surface area contributed by atoms with Crippen LogP contribution in [0.5, 0.6) is 0 Å². The van der Waals surface area contributed by atoms with Crippen molar-refractivity contribution in [1.29, 1.82) is 0 Å². The highest BCUT2D eigenvalue weighted by molar-refractivity contribution is 5.70. The molecule has 0 bridgehead atoms. The second kappa shape index (κ2) is 8.05. The lowest BCUT2D eigenvalue weighted by Crippen LogP contribution is -2.20. The van der Waals surface area contributed by atoms with Crippen molar-refractivity contribution in [3.05, 3.63) is 0 Å². The number of esters is 1. The predicted molar refractivity (Wildman–Crippen MR) is 51.4 cm³/mol. The predicted octanol–water partition coefficient (Wildman–Crippen LogP) is 1.88. The molecule has 0 aromatic carbocycles. The van der Waals surface area contributed by atoms with E-state index in [9.17, 15) is 4.79 Å². The van der Waals surface area contributed by atoms with Crippen LogP contribution in [0.1, 0.15) is 46.0 Å². The summed E-state index contributed by atoms with van der Waals surface area (Å²) in [6.07, 6.45) is 5.00. The van der Waals surface area contributed by atoms with E-state index in [0.29, 0.717) is 0 Å². The number of ether oxygens (including phenoxy) is 1. The van der Waals surface area contributed by atoms with E-state index >= 15 is 0 Å². The summed E-state index contributed by atoms with van der Waals surface area (Å²) in [5.41, 5.74) is 0. The molecule has 0 aromatic rings. The highest BCUT2D eigenvalue weighted by Crippen LogP contribution is 2.10. The molecule has 3 heteroatoms. The van der Waals surface area contributed by atoms with Crippen molar-refractivity contribution in [2.45, 2.75) is 52.1 Å². The molecule has 1 N–H and O–H groups in total. The zero-order valence-electron chi connectivity index (χ0n) is 8.58. The highest BCUT2D eigenvalue weighted by atomic mass is 16.6. The smallest absolute Gasteiger partial charge is 0.332 e. The molecule has 0 saturated heterocycles. The first-order valence-electron chi connectivity index (χ1n) is 5.04. The first-order chi connectivity index (χ1) is 6.24. The van der Waals surface area contributed by atoms with Crippen molar-refractivity contribution in [2.75, 3.05) is 6.61 Å². The molecule has 0 aromatic heterocycles. The third-order valence-corrected chi connectivity index (χ3v) is 1.92.